The lowest BCUT2D eigenvalue weighted by Gasteiger charge is -2.23. The highest BCUT2D eigenvalue weighted by molar-refractivity contribution is 7.22. The summed E-state index contributed by atoms with van der Waals surface area (Å²) in [7, 11) is 0. The number of nitrogens with zero attached hydrogens (tertiary/aromatic N) is 2. The van der Waals surface area contributed by atoms with E-state index >= 15 is 0 Å². The Morgan fingerprint density at radius 2 is 1.74 bits per heavy atom. The van der Waals surface area contributed by atoms with Crippen LogP contribution in [0.3, 0.4) is 0 Å². The van der Waals surface area contributed by atoms with Crippen molar-refractivity contribution in [1.29, 1.82) is 0 Å². The topological polar surface area (TPSA) is 70.5 Å². The number of ketones is 1. The van der Waals surface area contributed by atoms with Gasteiger partial charge in [-0.25, -0.2) is 4.98 Å². The second-order valence-corrected chi connectivity index (χ2v) is 10.5. The van der Waals surface area contributed by atoms with Gasteiger partial charge in [0.2, 0.25) is 0 Å². The maximum absolute atomic E-state index is 13.4. The summed E-state index contributed by atoms with van der Waals surface area (Å²) in [5, 5.41) is 12.8. The number of benzene rings is 3. The van der Waals surface area contributed by atoms with Crippen molar-refractivity contribution >= 4 is 78.9 Å². The molecule has 5 nitrogen and oxygen atoms in total. The third kappa shape index (κ3) is 4.10. The van der Waals surface area contributed by atoms with Crippen molar-refractivity contribution in [2.75, 3.05) is 4.90 Å². The molecule has 0 aliphatic carbocycles. The Bertz CT molecular complexity index is 1580. The van der Waals surface area contributed by atoms with E-state index in [4.69, 9.17) is 34.8 Å². The number of thiazole rings is 1. The normalized spacial score (nSPS) is 17.5. The van der Waals surface area contributed by atoms with E-state index in [1.54, 1.807) is 42.5 Å². The number of Topliss-reactive ketones (excluding diaryl/α,β-unsaturated/α-hetero) is 1. The fourth-order valence-corrected chi connectivity index (χ4v) is 5.73. The second-order valence-electron chi connectivity index (χ2n) is 8.27. The third-order valence-electron chi connectivity index (χ3n) is 5.90. The summed E-state index contributed by atoms with van der Waals surface area (Å²) in [5.41, 5.74) is 3.26. The molecule has 0 radical (unpaired) electrons. The molecule has 1 fully saturated rings. The van der Waals surface area contributed by atoms with Crippen LogP contribution in [0, 0.1) is 13.8 Å². The first kappa shape index (κ1) is 23.8. The molecule has 9 heteroatoms. The summed E-state index contributed by atoms with van der Waals surface area (Å²) >= 11 is 19.8. The van der Waals surface area contributed by atoms with E-state index < -0.39 is 17.7 Å². The third-order valence-corrected chi connectivity index (χ3v) is 7.89. The number of aliphatic hydroxyl groups is 1. The first-order chi connectivity index (χ1) is 16.7. The molecule has 1 atom stereocenters. The zero-order valence-electron chi connectivity index (χ0n) is 18.5. The van der Waals surface area contributed by atoms with Crippen molar-refractivity contribution in [3.63, 3.8) is 0 Å². The van der Waals surface area contributed by atoms with Crippen LogP contribution in [0.2, 0.25) is 15.1 Å². The van der Waals surface area contributed by atoms with Gasteiger partial charge in [-0.1, -0.05) is 69.9 Å². The summed E-state index contributed by atoms with van der Waals surface area (Å²) in [6.45, 7) is 3.72. The van der Waals surface area contributed by atoms with Gasteiger partial charge >= 0.3 is 5.91 Å². The number of fused-ring (bicyclic) bond motifs is 1. The zero-order chi connectivity index (χ0) is 25.0. The van der Waals surface area contributed by atoms with Gasteiger partial charge in [-0.15, -0.1) is 0 Å². The Balaban J connectivity index is 1.77. The number of halogens is 3. The molecule has 4 aromatic rings. The number of aryl methyl sites for hydroxylation is 2. The number of aromatic nitrogens is 1. The van der Waals surface area contributed by atoms with E-state index in [2.05, 4.69) is 4.98 Å². The Kier molecular flexibility index (Phi) is 6.09. The molecule has 0 spiro atoms. The summed E-state index contributed by atoms with van der Waals surface area (Å²) in [5.74, 6) is -1.86. The predicted octanol–water partition coefficient (Wildman–Crippen LogP) is 7.50. The van der Waals surface area contributed by atoms with Crippen LogP contribution in [0.5, 0.6) is 0 Å². The van der Waals surface area contributed by atoms with E-state index in [9.17, 15) is 14.7 Å². The quantitative estimate of drug-likeness (QED) is 0.165. The maximum Gasteiger partial charge on any atom is 0.301 e. The second kappa shape index (κ2) is 8.95. The fourth-order valence-electron chi connectivity index (χ4n) is 4.15. The van der Waals surface area contributed by atoms with Crippen LogP contribution >= 0.6 is 46.1 Å². The number of carbonyl (C=O) groups is 2. The van der Waals surface area contributed by atoms with Crippen LogP contribution in [0.1, 0.15) is 28.3 Å². The fraction of sp³-hybridized carbons (Fsp3) is 0.115. The molecular formula is C26H17Cl3N2O3S. The minimum atomic E-state index is -0.958. The zero-order valence-corrected chi connectivity index (χ0v) is 21.6. The van der Waals surface area contributed by atoms with Gasteiger partial charge in [0.1, 0.15) is 5.76 Å². The Morgan fingerprint density at radius 3 is 2.49 bits per heavy atom. The van der Waals surface area contributed by atoms with Crippen molar-refractivity contribution in [3.05, 3.63) is 97.5 Å². The van der Waals surface area contributed by atoms with Crippen LogP contribution in [0.15, 0.2) is 60.2 Å². The van der Waals surface area contributed by atoms with Crippen molar-refractivity contribution in [3.8, 4) is 0 Å². The maximum atomic E-state index is 13.4. The summed E-state index contributed by atoms with van der Waals surface area (Å²) in [6.07, 6.45) is 0. The molecular weight excluding hydrogens is 527 g/mol. The molecule has 1 unspecified atom stereocenters. The predicted molar refractivity (Wildman–Crippen MR) is 142 cm³/mol. The van der Waals surface area contributed by atoms with Gasteiger partial charge < -0.3 is 5.11 Å². The number of carbonyl (C=O) groups excluding carboxylic acids is 2. The number of rotatable bonds is 3. The van der Waals surface area contributed by atoms with Crippen molar-refractivity contribution < 1.29 is 14.7 Å². The lowest BCUT2D eigenvalue weighted by Crippen LogP contribution is -2.29. The molecule has 0 saturated carbocycles. The SMILES string of the molecule is Cc1ccc(C)c(/C(O)=C2\C(=O)C(=O)N(c3nc4ccc(Cl)cc4s3)C2c2ccc(Cl)c(Cl)c2)c1. The van der Waals surface area contributed by atoms with E-state index in [1.807, 2.05) is 26.0 Å². The Labute approximate surface area is 220 Å². The number of hydrogen-bond acceptors (Lipinski definition) is 5. The molecule has 176 valence electrons. The number of hydrogen-bond donors (Lipinski definition) is 1. The van der Waals surface area contributed by atoms with Crippen molar-refractivity contribution in [1.82, 2.24) is 4.98 Å². The standard InChI is InChI=1S/C26H17Cl3N2O3S/c1-12-3-4-13(2)16(9-12)23(32)21-22(14-5-7-17(28)18(29)10-14)31(25(34)24(21)33)26-30-19-8-6-15(27)11-20(19)35-26/h3-11,22,32H,1-2H3/b23-21+. The minimum Gasteiger partial charge on any atom is -0.507 e. The van der Waals surface area contributed by atoms with Crippen LogP contribution in [-0.4, -0.2) is 21.8 Å². The van der Waals surface area contributed by atoms with E-state index in [0.717, 1.165) is 15.8 Å². The first-order valence-corrected chi connectivity index (χ1v) is 12.5. The molecule has 5 rings (SSSR count). The average Bonchev–Trinajstić information content (AvgIpc) is 3.34. The van der Waals surface area contributed by atoms with E-state index in [-0.39, 0.29) is 16.4 Å². The van der Waals surface area contributed by atoms with Gasteiger partial charge in [0.05, 0.1) is 31.9 Å². The van der Waals surface area contributed by atoms with Gasteiger partial charge in [-0.3, -0.25) is 14.5 Å². The Morgan fingerprint density at radius 1 is 0.971 bits per heavy atom. The van der Waals surface area contributed by atoms with Gasteiger partial charge in [-0.2, -0.15) is 0 Å². The minimum absolute atomic E-state index is 0.0422. The highest BCUT2D eigenvalue weighted by Gasteiger charge is 2.48. The van der Waals surface area contributed by atoms with E-state index in [0.29, 0.717) is 31.8 Å². The van der Waals surface area contributed by atoms with E-state index in [1.165, 1.54) is 16.2 Å². The van der Waals surface area contributed by atoms with Crippen molar-refractivity contribution in [2.24, 2.45) is 0 Å². The lowest BCUT2D eigenvalue weighted by atomic mass is 9.93. The smallest absolute Gasteiger partial charge is 0.301 e. The van der Waals surface area contributed by atoms with Gasteiger partial charge in [0, 0.05) is 10.6 Å². The number of aliphatic hydroxyl groups excluding tert-OH is 1. The number of anilines is 1. The highest BCUT2D eigenvalue weighted by Crippen LogP contribution is 2.45. The summed E-state index contributed by atoms with van der Waals surface area (Å²) in [4.78, 5) is 32.7. The molecule has 1 aliphatic rings. The molecule has 1 N–H and O–H groups in total. The molecule has 35 heavy (non-hydrogen) atoms. The lowest BCUT2D eigenvalue weighted by molar-refractivity contribution is -0.132. The molecule has 1 aliphatic heterocycles. The molecule has 1 saturated heterocycles. The average molecular weight is 544 g/mol. The highest BCUT2D eigenvalue weighted by atomic mass is 35.5. The first-order valence-electron chi connectivity index (χ1n) is 10.6. The molecule has 1 amide bonds. The van der Waals surface area contributed by atoms with Crippen LogP contribution in [-0.2, 0) is 9.59 Å². The summed E-state index contributed by atoms with van der Waals surface area (Å²) in [6, 6.07) is 14.7. The number of amides is 1. The molecule has 0 bridgehead atoms. The van der Waals surface area contributed by atoms with Gasteiger partial charge in [0.25, 0.3) is 5.78 Å². The summed E-state index contributed by atoms with van der Waals surface area (Å²) < 4.78 is 0.761. The molecule has 2 heterocycles. The van der Waals surface area contributed by atoms with Gasteiger partial charge in [0.15, 0.2) is 5.13 Å². The van der Waals surface area contributed by atoms with Crippen LogP contribution in [0.25, 0.3) is 16.0 Å². The van der Waals surface area contributed by atoms with Crippen LogP contribution in [0.4, 0.5) is 5.13 Å². The van der Waals surface area contributed by atoms with Crippen LogP contribution < -0.4 is 4.90 Å². The largest absolute Gasteiger partial charge is 0.507 e. The monoisotopic (exact) mass is 542 g/mol. The van der Waals surface area contributed by atoms with Gasteiger partial charge in [-0.05, 0) is 61.4 Å². The molecule has 3 aromatic carbocycles. The van der Waals surface area contributed by atoms with Crippen molar-refractivity contribution in [2.45, 2.75) is 19.9 Å². The Hall–Kier alpha value is -2.90. The molecule has 1 aromatic heterocycles.